The fourth-order valence-corrected chi connectivity index (χ4v) is 2.84. The van der Waals surface area contributed by atoms with Gasteiger partial charge in [-0.1, -0.05) is 32.9 Å². The van der Waals surface area contributed by atoms with Gasteiger partial charge in [-0.15, -0.1) is 0 Å². The largest absolute Gasteiger partial charge is 0.379 e. The molecule has 1 aromatic heterocycles. The Bertz CT molecular complexity index is 776. The van der Waals surface area contributed by atoms with Gasteiger partial charge in [0, 0.05) is 14.1 Å². The maximum atomic E-state index is 12.4. The van der Waals surface area contributed by atoms with Crippen molar-refractivity contribution in [2.45, 2.75) is 31.1 Å². The quantitative estimate of drug-likeness (QED) is 0.804. The predicted molar refractivity (Wildman–Crippen MR) is 91.5 cm³/mol. The molecule has 5 nitrogen and oxygen atoms in total. The Kier molecular flexibility index (Phi) is 4.66. The highest BCUT2D eigenvalue weighted by Crippen LogP contribution is 2.27. The topological polar surface area (TPSA) is 59.5 Å². The molecule has 0 saturated heterocycles. The number of hydrogen-bond donors (Lipinski definition) is 0. The maximum absolute atomic E-state index is 12.4. The zero-order chi connectivity index (χ0) is 17.3. The number of hydrogen-bond acceptors (Lipinski definition) is 5. The molecular formula is C17H22N2O3S. The molecule has 0 bridgehead atoms. The molecule has 0 aliphatic rings. The molecule has 2 rings (SSSR count). The smallest absolute Gasteiger partial charge is 0.340 e. The van der Waals surface area contributed by atoms with Crippen molar-refractivity contribution < 1.29 is 12.6 Å². The van der Waals surface area contributed by atoms with E-state index in [1.54, 1.807) is 29.2 Å². The number of pyridine rings is 1. The third kappa shape index (κ3) is 4.22. The average molecular weight is 334 g/mol. The van der Waals surface area contributed by atoms with Crippen molar-refractivity contribution in [3.63, 3.8) is 0 Å². The van der Waals surface area contributed by atoms with Gasteiger partial charge >= 0.3 is 10.1 Å². The van der Waals surface area contributed by atoms with E-state index < -0.39 is 10.1 Å². The summed E-state index contributed by atoms with van der Waals surface area (Å²) in [5.74, 6) is 0.979. The van der Waals surface area contributed by atoms with Gasteiger partial charge in [0.2, 0.25) is 0 Å². The molecule has 0 saturated carbocycles. The molecule has 0 amide bonds. The molecule has 0 unspecified atom stereocenters. The molecule has 23 heavy (non-hydrogen) atoms. The van der Waals surface area contributed by atoms with Crippen LogP contribution in [0.4, 0.5) is 5.82 Å². The molecule has 1 aromatic carbocycles. The molecule has 0 atom stereocenters. The fourth-order valence-electron chi connectivity index (χ4n) is 1.97. The van der Waals surface area contributed by atoms with Gasteiger partial charge in [-0.2, -0.15) is 8.42 Å². The van der Waals surface area contributed by atoms with Gasteiger partial charge in [0.25, 0.3) is 0 Å². The van der Waals surface area contributed by atoms with Crippen LogP contribution < -0.4 is 9.08 Å². The van der Waals surface area contributed by atoms with E-state index in [0.717, 1.165) is 5.56 Å². The number of rotatable bonds is 4. The second-order valence-electron chi connectivity index (χ2n) is 6.56. The fraction of sp³-hybridized carbons (Fsp3) is 0.353. The first-order valence-electron chi connectivity index (χ1n) is 7.28. The van der Waals surface area contributed by atoms with Crippen molar-refractivity contribution in [3.8, 4) is 5.75 Å². The van der Waals surface area contributed by atoms with Crippen LogP contribution in [-0.4, -0.2) is 27.5 Å². The lowest BCUT2D eigenvalue weighted by molar-refractivity contribution is 0.483. The number of benzene rings is 1. The van der Waals surface area contributed by atoms with Crippen molar-refractivity contribution in [2.24, 2.45) is 0 Å². The van der Waals surface area contributed by atoms with Crippen molar-refractivity contribution in [1.29, 1.82) is 0 Å². The van der Waals surface area contributed by atoms with Gasteiger partial charge in [0.05, 0.1) is 6.20 Å². The van der Waals surface area contributed by atoms with Gasteiger partial charge in [-0.25, -0.2) is 4.98 Å². The standard InChI is InChI=1S/C17H22N2O3S/c1-17(2,3)13-7-6-8-14(11-13)22-23(20,21)15-9-10-16(18-12-15)19(4)5/h6-12H,1-5H3. The summed E-state index contributed by atoms with van der Waals surface area (Å²) >= 11 is 0. The zero-order valence-corrected chi connectivity index (χ0v) is 14.9. The van der Waals surface area contributed by atoms with E-state index in [1.807, 2.05) is 20.2 Å². The highest BCUT2D eigenvalue weighted by molar-refractivity contribution is 7.87. The second kappa shape index (κ2) is 6.20. The van der Waals surface area contributed by atoms with E-state index in [9.17, 15) is 8.42 Å². The first kappa shape index (κ1) is 17.3. The number of anilines is 1. The van der Waals surface area contributed by atoms with Gasteiger partial charge in [0.1, 0.15) is 16.5 Å². The summed E-state index contributed by atoms with van der Waals surface area (Å²) in [6, 6.07) is 10.3. The van der Waals surface area contributed by atoms with Crippen molar-refractivity contribution in [1.82, 2.24) is 4.98 Å². The van der Waals surface area contributed by atoms with Crippen LogP contribution in [0.25, 0.3) is 0 Å². The lowest BCUT2D eigenvalue weighted by Gasteiger charge is -2.19. The van der Waals surface area contributed by atoms with Crippen molar-refractivity contribution in [2.75, 3.05) is 19.0 Å². The minimum Gasteiger partial charge on any atom is -0.379 e. The second-order valence-corrected chi connectivity index (χ2v) is 8.11. The van der Waals surface area contributed by atoms with Crippen molar-refractivity contribution >= 4 is 15.9 Å². The zero-order valence-electron chi connectivity index (χ0n) is 14.1. The Hall–Kier alpha value is -2.08. The van der Waals surface area contributed by atoms with E-state index in [0.29, 0.717) is 11.6 Å². The Morgan fingerprint density at radius 2 is 1.78 bits per heavy atom. The van der Waals surface area contributed by atoms with E-state index in [2.05, 4.69) is 25.8 Å². The summed E-state index contributed by atoms with van der Waals surface area (Å²) in [6.45, 7) is 6.18. The first-order chi connectivity index (χ1) is 10.6. The van der Waals surface area contributed by atoms with E-state index in [4.69, 9.17) is 4.18 Å². The minimum atomic E-state index is -3.90. The number of nitrogens with zero attached hydrogens (tertiary/aromatic N) is 2. The van der Waals surface area contributed by atoms with Crippen LogP contribution in [0, 0.1) is 0 Å². The van der Waals surface area contributed by atoms with Gasteiger partial charge in [-0.3, -0.25) is 0 Å². The molecule has 0 spiro atoms. The Balaban J connectivity index is 2.28. The van der Waals surface area contributed by atoms with E-state index in [1.165, 1.54) is 12.3 Å². The van der Waals surface area contributed by atoms with Crippen LogP contribution >= 0.6 is 0 Å². The highest BCUT2D eigenvalue weighted by Gasteiger charge is 2.19. The summed E-state index contributed by atoms with van der Waals surface area (Å²) in [6.07, 6.45) is 1.30. The third-order valence-electron chi connectivity index (χ3n) is 3.37. The Morgan fingerprint density at radius 1 is 1.09 bits per heavy atom. The molecule has 6 heteroatoms. The molecular weight excluding hydrogens is 312 g/mol. The van der Waals surface area contributed by atoms with Crippen LogP contribution in [0.1, 0.15) is 26.3 Å². The maximum Gasteiger partial charge on any atom is 0.340 e. The molecule has 1 heterocycles. The van der Waals surface area contributed by atoms with Gasteiger partial charge in [0.15, 0.2) is 0 Å². The normalized spacial score (nSPS) is 12.0. The molecule has 0 fully saturated rings. The molecule has 2 aromatic rings. The summed E-state index contributed by atoms with van der Waals surface area (Å²) in [5.41, 5.74) is 0.921. The van der Waals surface area contributed by atoms with E-state index in [-0.39, 0.29) is 10.3 Å². The highest BCUT2D eigenvalue weighted by atomic mass is 32.2. The minimum absolute atomic E-state index is 0.0317. The van der Waals surface area contributed by atoms with Gasteiger partial charge in [-0.05, 0) is 35.2 Å². The van der Waals surface area contributed by atoms with E-state index >= 15 is 0 Å². The lowest BCUT2D eigenvalue weighted by atomic mass is 9.87. The average Bonchev–Trinajstić information content (AvgIpc) is 2.46. The van der Waals surface area contributed by atoms with Crippen molar-refractivity contribution in [3.05, 3.63) is 48.2 Å². The van der Waals surface area contributed by atoms with Crippen LogP contribution in [0.5, 0.6) is 5.75 Å². The summed E-state index contributed by atoms with van der Waals surface area (Å²) < 4.78 is 30.0. The Morgan fingerprint density at radius 3 is 2.30 bits per heavy atom. The van der Waals surface area contributed by atoms with Crippen LogP contribution in [0.15, 0.2) is 47.5 Å². The summed E-state index contributed by atoms with van der Waals surface area (Å²) in [5, 5.41) is 0. The number of aromatic nitrogens is 1. The molecule has 124 valence electrons. The van der Waals surface area contributed by atoms with Crippen LogP contribution in [-0.2, 0) is 15.5 Å². The lowest BCUT2D eigenvalue weighted by Crippen LogP contribution is -2.14. The van der Waals surface area contributed by atoms with Crippen LogP contribution in [0.3, 0.4) is 0 Å². The van der Waals surface area contributed by atoms with Crippen LogP contribution in [0.2, 0.25) is 0 Å². The third-order valence-corrected chi connectivity index (χ3v) is 4.60. The summed E-state index contributed by atoms with van der Waals surface area (Å²) in [4.78, 5) is 5.94. The molecule has 0 radical (unpaired) electrons. The monoisotopic (exact) mass is 334 g/mol. The SMILES string of the molecule is CN(C)c1ccc(S(=O)(=O)Oc2cccc(C(C)(C)C)c2)cn1. The van der Waals surface area contributed by atoms with Gasteiger partial charge < -0.3 is 9.08 Å². The first-order valence-corrected chi connectivity index (χ1v) is 8.69. The molecule has 0 N–H and O–H groups in total. The molecule has 0 aliphatic carbocycles. The Labute approximate surface area is 138 Å². The predicted octanol–water partition coefficient (Wildman–Crippen LogP) is 3.21. The summed E-state index contributed by atoms with van der Waals surface area (Å²) in [7, 11) is -0.222. The molecule has 0 aliphatic heterocycles.